The molecule has 0 saturated carbocycles. The summed E-state index contributed by atoms with van der Waals surface area (Å²) < 4.78 is 87.1. The number of alkyl halides is 5. The van der Waals surface area contributed by atoms with Gasteiger partial charge in [0, 0.05) is 4.90 Å². The van der Waals surface area contributed by atoms with Crippen molar-refractivity contribution in [2.75, 3.05) is 19.0 Å². The van der Waals surface area contributed by atoms with Crippen LogP contribution in [0.4, 0.5) is 22.0 Å². The lowest BCUT2D eigenvalue weighted by atomic mass is 10.2. The van der Waals surface area contributed by atoms with Crippen LogP contribution in [0.1, 0.15) is 18.1 Å². The summed E-state index contributed by atoms with van der Waals surface area (Å²) >= 11 is 0.948. The number of hydrogen-bond acceptors (Lipinski definition) is 5. The standard InChI is InChI=1S/C21H21F5O4S/c1-13-9-17(7-8-18(13)27-10-19-29-14(2)30-19)31-12-20(22,23)11-28-16-5-3-15(4-6-16)21(24,25)26/h3-9,14,19H,10-12H2,1-2H3. The first kappa shape index (κ1) is 23.6. The van der Waals surface area contributed by atoms with Gasteiger partial charge >= 0.3 is 6.18 Å². The molecule has 1 heterocycles. The first-order valence-electron chi connectivity index (χ1n) is 9.37. The molecule has 0 aromatic heterocycles. The van der Waals surface area contributed by atoms with E-state index in [0.29, 0.717) is 10.6 Å². The highest BCUT2D eigenvalue weighted by Gasteiger charge is 2.32. The van der Waals surface area contributed by atoms with Crippen molar-refractivity contribution in [2.45, 2.75) is 43.4 Å². The zero-order chi connectivity index (χ0) is 22.6. The predicted molar refractivity (Wildman–Crippen MR) is 105 cm³/mol. The fourth-order valence-corrected chi connectivity index (χ4v) is 3.59. The van der Waals surface area contributed by atoms with Gasteiger partial charge in [0.05, 0.1) is 11.3 Å². The summed E-state index contributed by atoms with van der Waals surface area (Å²) in [7, 11) is 0. The van der Waals surface area contributed by atoms with Crippen molar-refractivity contribution in [1.29, 1.82) is 0 Å². The van der Waals surface area contributed by atoms with Gasteiger partial charge in [0.25, 0.3) is 5.92 Å². The summed E-state index contributed by atoms with van der Waals surface area (Å²) in [5, 5.41) is 0. The van der Waals surface area contributed by atoms with E-state index >= 15 is 0 Å². The molecule has 0 radical (unpaired) electrons. The average molecular weight is 464 g/mol. The van der Waals surface area contributed by atoms with Crippen LogP contribution in [-0.2, 0) is 15.7 Å². The van der Waals surface area contributed by atoms with Crippen LogP contribution in [0.2, 0.25) is 0 Å². The predicted octanol–water partition coefficient (Wildman–Crippen LogP) is 5.92. The highest BCUT2D eigenvalue weighted by atomic mass is 32.2. The number of benzene rings is 2. The molecule has 0 unspecified atom stereocenters. The number of halogens is 5. The molecule has 0 atom stereocenters. The maximum atomic E-state index is 14.2. The second kappa shape index (κ2) is 9.62. The molecule has 170 valence electrons. The molecule has 0 bridgehead atoms. The van der Waals surface area contributed by atoms with E-state index in [-0.39, 0.29) is 18.6 Å². The van der Waals surface area contributed by atoms with E-state index in [9.17, 15) is 22.0 Å². The van der Waals surface area contributed by atoms with Gasteiger partial charge in [-0.3, -0.25) is 0 Å². The molecule has 31 heavy (non-hydrogen) atoms. The van der Waals surface area contributed by atoms with Crippen molar-refractivity contribution in [3.8, 4) is 11.5 Å². The molecular formula is C21H21F5O4S. The molecule has 1 aliphatic heterocycles. The Balaban J connectivity index is 1.46. The summed E-state index contributed by atoms with van der Waals surface area (Å²) in [6.07, 6.45) is -5.14. The molecule has 10 heteroatoms. The highest BCUT2D eigenvalue weighted by molar-refractivity contribution is 7.99. The third kappa shape index (κ3) is 6.98. The van der Waals surface area contributed by atoms with E-state index in [1.807, 2.05) is 0 Å². The summed E-state index contributed by atoms with van der Waals surface area (Å²) in [6.45, 7) is 2.87. The van der Waals surface area contributed by atoms with Gasteiger partial charge in [-0.05, 0) is 61.9 Å². The van der Waals surface area contributed by atoms with Crippen molar-refractivity contribution in [3.05, 3.63) is 53.6 Å². The first-order valence-corrected chi connectivity index (χ1v) is 10.4. The Morgan fingerprint density at radius 1 is 0.968 bits per heavy atom. The van der Waals surface area contributed by atoms with Crippen molar-refractivity contribution in [1.82, 2.24) is 0 Å². The molecular weight excluding hydrogens is 443 g/mol. The molecule has 0 N–H and O–H groups in total. The average Bonchev–Trinajstić information content (AvgIpc) is 2.68. The topological polar surface area (TPSA) is 36.9 Å². The Labute approximate surface area is 180 Å². The van der Waals surface area contributed by atoms with E-state index in [1.165, 1.54) is 0 Å². The van der Waals surface area contributed by atoms with Crippen molar-refractivity contribution < 1.29 is 40.9 Å². The van der Waals surface area contributed by atoms with E-state index in [0.717, 1.165) is 41.6 Å². The molecule has 3 rings (SSSR count). The molecule has 2 aromatic carbocycles. The largest absolute Gasteiger partial charge is 0.488 e. The van der Waals surface area contributed by atoms with Crippen LogP contribution in [-0.4, -0.2) is 37.5 Å². The molecule has 0 spiro atoms. The minimum absolute atomic E-state index is 0.0520. The number of hydrogen-bond donors (Lipinski definition) is 0. The Hall–Kier alpha value is -2.04. The maximum absolute atomic E-state index is 14.2. The highest BCUT2D eigenvalue weighted by Crippen LogP contribution is 2.32. The zero-order valence-corrected chi connectivity index (χ0v) is 17.6. The van der Waals surface area contributed by atoms with Crippen molar-refractivity contribution in [3.63, 3.8) is 0 Å². The number of aryl methyl sites for hydroxylation is 1. The second-order valence-corrected chi connectivity index (χ2v) is 8.01. The van der Waals surface area contributed by atoms with Crippen LogP contribution in [0, 0.1) is 6.92 Å². The second-order valence-electron chi connectivity index (χ2n) is 6.96. The van der Waals surface area contributed by atoms with Gasteiger partial charge in [0.15, 0.2) is 19.2 Å². The van der Waals surface area contributed by atoms with Gasteiger partial charge in [0.1, 0.15) is 18.1 Å². The summed E-state index contributed by atoms with van der Waals surface area (Å²) in [4.78, 5) is 0.629. The zero-order valence-electron chi connectivity index (χ0n) is 16.7. The number of rotatable bonds is 9. The SMILES string of the molecule is Cc1cc(SCC(F)(F)COc2ccc(C(F)(F)F)cc2)ccc1OCC1OC(C)O1. The third-order valence-corrected chi connectivity index (χ3v) is 5.44. The summed E-state index contributed by atoms with van der Waals surface area (Å²) in [5.41, 5.74) is -0.0889. The molecule has 1 aliphatic rings. The lowest BCUT2D eigenvalue weighted by molar-refractivity contribution is -0.380. The normalized spacial score (nSPS) is 19.1. The smallest absolute Gasteiger partial charge is 0.416 e. The van der Waals surface area contributed by atoms with E-state index < -0.39 is 36.3 Å². The molecule has 4 nitrogen and oxygen atoms in total. The van der Waals surface area contributed by atoms with Gasteiger partial charge in [-0.2, -0.15) is 13.2 Å². The lowest BCUT2D eigenvalue weighted by Gasteiger charge is -2.33. The molecule has 1 fully saturated rings. The van der Waals surface area contributed by atoms with Crippen LogP contribution in [0.15, 0.2) is 47.4 Å². The van der Waals surface area contributed by atoms with Gasteiger partial charge < -0.3 is 18.9 Å². The minimum atomic E-state index is -4.49. The van der Waals surface area contributed by atoms with Crippen LogP contribution in [0.3, 0.4) is 0 Å². The monoisotopic (exact) mass is 464 g/mol. The van der Waals surface area contributed by atoms with Crippen molar-refractivity contribution in [2.24, 2.45) is 0 Å². The van der Waals surface area contributed by atoms with Gasteiger partial charge in [-0.25, -0.2) is 8.78 Å². The quantitative estimate of drug-likeness (QED) is 0.340. The lowest BCUT2D eigenvalue weighted by Crippen LogP contribution is -2.42. The van der Waals surface area contributed by atoms with E-state index in [2.05, 4.69) is 0 Å². The van der Waals surface area contributed by atoms with Crippen LogP contribution in [0.5, 0.6) is 11.5 Å². The van der Waals surface area contributed by atoms with Crippen LogP contribution >= 0.6 is 11.8 Å². The summed E-state index contributed by atoms with van der Waals surface area (Å²) in [5.74, 6) is -3.17. The van der Waals surface area contributed by atoms with Gasteiger partial charge in [-0.1, -0.05) is 0 Å². The Bertz CT molecular complexity index is 867. The fraction of sp³-hybridized carbons (Fsp3) is 0.429. The Morgan fingerprint density at radius 3 is 2.23 bits per heavy atom. The van der Waals surface area contributed by atoms with E-state index in [1.54, 1.807) is 32.0 Å². The third-order valence-electron chi connectivity index (χ3n) is 4.29. The molecule has 0 amide bonds. The minimum Gasteiger partial charge on any atom is -0.488 e. The van der Waals surface area contributed by atoms with Crippen LogP contribution in [0.25, 0.3) is 0 Å². The molecule has 0 aliphatic carbocycles. The molecule has 1 saturated heterocycles. The Kier molecular flexibility index (Phi) is 7.33. The number of thioether (sulfide) groups is 1. The van der Waals surface area contributed by atoms with E-state index in [4.69, 9.17) is 18.9 Å². The van der Waals surface area contributed by atoms with Gasteiger partial charge in [0.2, 0.25) is 0 Å². The first-order chi connectivity index (χ1) is 14.5. The molecule has 2 aromatic rings. The number of ether oxygens (including phenoxy) is 4. The van der Waals surface area contributed by atoms with Gasteiger partial charge in [-0.15, -0.1) is 11.8 Å². The maximum Gasteiger partial charge on any atom is 0.416 e. The van der Waals surface area contributed by atoms with Crippen molar-refractivity contribution >= 4 is 11.8 Å². The fourth-order valence-electron chi connectivity index (χ4n) is 2.71. The summed E-state index contributed by atoms with van der Waals surface area (Å²) in [6, 6.07) is 8.72. The van der Waals surface area contributed by atoms with Crippen LogP contribution < -0.4 is 9.47 Å². The Morgan fingerprint density at radius 2 is 1.65 bits per heavy atom.